The third kappa shape index (κ3) is 5.46. The molecule has 0 unspecified atom stereocenters. The molecular weight excluding hydrogens is 404 g/mol. The number of methoxy groups -OCH3 is 1. The van der Waals surface area contributed by atoms with Gasteiger partial charge in [-0.15, -0.1) is 0 Å². The van der Waals surface area contributed by atoms with E-state index >= 15 is 0 Å². The van der Waals surface area contributed by atoms with E-state index < -0.39 is 5.97 Å². The Morgan fingerprint density at radius 1 is 0.933 bits per heavy atom. The number of nitrogens with one attached hydrogen (secondary N) is 1. The number of halogens is 1. The molecule has 0 aromatic heterocycles. The molecule has 3 aromatic rings. The summed E-state index contributed by atoms with van der Waals surface area (Å²) in [5.41, 5.74) is 4.95. The van der Waals surface area contributed by atoms with Crippen molar-refractivity contribution in [2.75, 3.05) is 7.11 Å². The van der Waals surface area contributed by atoms with Crippen molar-refractivity contribution >= 4 is 29.7 Å². The number of nitrogens with zero attached hydrogens (tertiary/aromatic N) is 1. The van der Waals surface area contributed by atoms with Gasteiger partial charge in [-0.1, -0.05) is 29.3 Å². The molecule has 7 heteroatoms. The Morgan fingerprint density at radius 2 is 1.60 bits per heavy atom. The van der Waals surface area contributed by atoms with Crippen LogP contribution in [-0.2, 0) is 0 Å². The van der Waals surface area contributed by atoms with Gasteiger partial charge in [0.15, 0.2) is 11.5 Å². The summed E-state index contributed by atoms with van der Waals surface area (Å²) in [5.74, 6) is -0.227. The van der Waals surface area contributed by atoms with E-state index in [4.69, 9.17) is 21.1 Å². The second kappa shape index (κ2) is 9.71. The first-order valence-electron chi connectivity index (χ1n) is 9.02. The van der Waals surface area contributed by atoms with Crippen molar-refractivity contribution in [3.05, 3.63) is 94.0 Å². The van der Waals surface area contributed by atoms with E-state index in [0.717, 1.165) is 5.56 Å². The topological polar surface area (TPSA) is 77.0 Å². The molecule has 0 radical (unpaired) electrons. The Bertz CT molecular complexity index is 1080. The van der Waals surface area contributed by atoms with Crippen LogP contribution >= 0.6 is 11.6 Å². The van der Waals surface area contributed by atoms with Gasteiger partial charge in [-0.25, -0.2) is 10.2 Å². The third-order valence-electron chi connectivity index (χ3n) is 4.16. The molecule has 152 valence electrons. The lowest BCUT2D eigenvalue weighted by molar-refractivity contribution is 0.0729. The van der Waals surface area contributed by atoms with Crippen molar-refractivity contribution < 1.29 is 19.1 Å². The second-order valence-electron chi connectivity index (χ2n) is 6.37. The normalized spacial score (nSPS) is 10.6. The number of hydrogen-bond donors (Lipinski definition) is 1. The maximum Gasteiger partial charge on any atom is 0.343 e. The van der Waals surface area contributed by atoms with Gasteiger partial charge in [-0.05, 0) is 67.1 Å². The van der Waals surface area contributed by atoms with Crippen LogP contribution in [0.2, 0.25) is 5.02 Å². The minimum Gasteiger partial charge on any atom is -0.493 e. The van der Waals surface area contributed by atoms with Gasteiger partial charge < -0.3 is 9.47 Å². The first-order valence-corrected chi connectivity index (χ1v) is 9.40. The Labute approximate surface area is 179 Å². The largest absolute Gasteiger partial charge is 0.493 e. The van der Waals surface area contributed by atoms with Crippen molar-refractivity contribution in [2.24, 2.45) is 5.10 Å². The summed E-state index contributed by atoms with van der Waals surface area (Å²) in [4.78, 5) is 24.5. The minimum absolute atomic E-state index is 0.246. The fourth-order valence-electron chi connectivity index (χ4n) is 2.53. The second-order valence-corrected chi connectivity index (χ2v) is 6.81. The summed E-state index contributed by atoms with van der Waals surface area (Å²) >= 11 is 5.81. The molecule has 30 heavy (non-hydrogen) atoms. The number of esters is 1. The van der Waals surface area contributed by atoms with Crippen molar-refractivity contribution in [3.8, 4) is 11.5 Å². The molecule has 0 aliphatic carbocycles. The standard InChI is InChI=1S/C23H19ClN2O4/c1-15-3-6-18(7-4-15)23(28)30-21-13-16(5-12-20(21)29-2)14-25-26-22(27)17-8-10-19(24)11-9-17/h3-14H,1-2H3,(H,26,27)/b25-14-. The summed E-state index contributed by atoms with van der Waals surface area (Å²) in [5, 5.41) is 4.49. The molecule has 3 aromatic carbocycles. The highest BCUT2D eigenvalue weighted by Gasteiger charge is 2.13. The molecule has 1 amide bonds. The number of benzene rings is 3. The van der Waals surface area contributed by atoms with Crippen LogP contribution in [0.5, 0.6) is 11.5 Å². The van der Waals surface area contributed by atoms with E-state index in [0.29, 0.717) is 27.5 Å². The van der Waals surface area contributed by atoms with E-state index in [1.807, 2.05) is 19.1 Å². The van der Waals surface area contributed by atoms with Gasteiger partial charge in [0.1, 0.15) is 0 Å². The van der Waals surface area contributed by atoms with Crippen LogP contribution in [0, 0.1) is 6.92 Å². The number of rotatable bonds is 6. The first kappa shape index (κ1) is 21.1. The molecule has 1 N–H and O–H groups in total. The fraction of sp³-hybridized carbons (Fsp3) is 0.0870. The van der Waals surface area contributed by atoms with Crippen LogP contribution in [-0.4, -0.2) is 25.2 Å². The lowest BCUT2D eigenvalue weighted by Gasteiger charge is -2.10. The lowest BCUT2D eigenvalue weighted by Crippen LogP contribution is -2.17. The predicted molar refractivity (Wildman–Crippen MR) is 116 cm³/mol. The van der Waals surface area contributed by atoms with E-state index in [-0.39, 0.29) is 11.7 Å². The zero-order valence-corrected chi connectivity index (χ0v) is 17.1. The van der Waals surface area contributed by atoms with Crippen LogP contribution in [0.15, 0.2) is 71.8 Å². The van der Waals surface area contributed by atoms with E-state index in [1.54, 1.807) is 54.6 Å². The maximum atomic E-state index is 12.4. The number of carbonyl (C=O) groups excluding carboxylic acids is 2. The first-order chi connectivity index (χ1) is 14.5. The Morgan fingerprint density at radius 3 is 2.27 bits per heavy atom. The lowest BCUT2D eigenvalue weighted by atomic mass is 10.1. The zero-order valence-electron chi connectivity index (χ0n) is 16.4. The molecule has 0 aliphatic rings. The zero-order chi connectivity index (χ0) is 21.5. The molecule has 3 rings (SSSR count). The summed E-state index contributed by atoms with van der Waals surface area (Å²) in [7, 11) is 1.48. The third-order valence-corrected chi connectivity index (χ3v) is 4.42. The monoisotopic (exact) mass is 422 g/mol. The highest BCUT2D eigenvalue weighted by molar-refractivity contribution is 6.30. The summed E-state index contributed by atoms with van der Waals surface area (Å²) in [6, 6.07) is 18.5. The van der Waals surface area contributed by atoms with Gasteiger partial charge >= 0.3 is 5.97 Å². The van der Waals surface area contributed by atoms with Crippen molar-refractivity contribution in [1.82, 2.24) is 5.43 Å². The van der Waals surface area contributed by atoms with E-state index in [2.05, 4.69) is 10.5 Å². The van der Waals surface area contributed by atoms with Gasteiger partial charge in [0, 0.05) is 10.6 Å². The molecule has 0 bridgehead atoms. The SMILES string of the molecule is COc1ccc(/C=N\NC(=O)c2ccc(Cl)cc2)cc1OC(=O)c1ccc(C)cc1. The highest BCUT2D eigenvalue weighted by atomic mass is 35.5. The molecule has 0 aliphatic heterocycles. The molecular formula is C23H19ClN2O4. The predicted octanol–water partition coefficient (Wildman–Crippen LogP) is 4.64. The van der Waals surface area contributed by atoms with Crippen LogP contribution in [0.3, 0.4) is 0 Å². The van der Waals surface area contributed by atoms with Crippen LogP contribution in [0.1, 0.15) is 31.8 Å². The molecule has 0 heterocycles. The Balaban J connectivity index is 1.71. The number of hydrogen-bond acceptors (Lipinski definition) is 5. The number of amides is 1. The maximum absolute atomic E-state index is 12.4. The van der Waals surface area contributed by atoms with Crippen LogP contribution < -0.4 is 14.9 Å². The number of hydrazone groups is 1. The fourth-order valence-corrected chi connectivity index (χ4v) is 2.66. The highest BCUT2D eigenvalue weighted by Crippen LogP contribution is 2.28. The van der Waals surface area contributed by atoms with Crippen LogP contribution in [0.4, 0.5) is 0 Å². The van der Waals surface area contributed by atoms with E-state index in [1.165, 1.54) is 13.3 Å². The molecule has 0 atom stereocenters. The summed E-state index contributed by atoms with van der Waals surface area (Å²) in [6.07, 6.45) is 1.44. The van der Waals surface area contributed by atoms with Gasteiger partial charge in [-0.2, -0.15) is 5.10 Å². The molecule has 0 spiro atoms. The average molecular weight is 423 g/mol. The Kier molecular flexibility index (Phi) is 6.83. The number of aryl methyl sites for hydroxylation is 1. The minimum atomic E-state index is -0.501. The number of carbonyl (C=O) groups is 2. The van der Waals surface area contributed by atoms with Crippen LogP contribution in [0.25, 0.3) is 0 Å². The smallest absolute Gasteiger partial charge is 0.343 e. The van der Waals surface area contributed by atoms with Gasteiger partial charge in [0.05, 0.1) is 18.9 Å². The van der Waals surface area contributed by atoms with Gasteiger partial charge in [0.2, 0.25) is 0 Å². The van der Waals surface area contributed by atoms with Crippen molar-refractivity contribution in [2.45, 2.75) is 6.92 Å². The molecule has 0 fully saturated rings. The van der Waals surface area contributed by atoms with Crippen molar-refractivity contribution in [1.29, 1.82) is 0 Å². The van der Waals surface area contributed by atoms with Gasteiger partial charge in [-0.3, -0.25) is 4.79 Å². The quantitative estimate of drug-likeness (QED) is 0.272. The van der Waals surface area contributed by atoms with Crippen molar-refractivity contribution in [3.63, 3.8) is 0 Å². The average Bonchev–Trinajstić information content (AvgIpc) is 2.75. The van der Waals surface area contributed by atoms with Gasteiger partial charge in [0.25, 0.3) is 5.91 Å². The number of ether oxygens (including phenoxy) is 2. The Hall–Kier alpha value is -3.64. The molecule has 6 nitrogen and oxygen atoms in total. The van der Waals surface area contributed by atoms with E-state index in [9.17, 15) is 9.59 Å². The molecule has 0 saturated heterocycles. The summed E-state index contributed by atoms with van der Waals surface area (Å²) in [6.45, 7) is 1.94. The molecule has 0 saturated carbocycles. The summed E-state index contributed by atoms with van der Waals surface area (Å²) < 4.78 is 10.7.